The maximum atomic E-state index is 13.0. The number of amides is 2. The van der Waals surface area contributed by atoms with Gasteiger partial charge in [-0.05, 0) is 43.7 Å². The molecule has 0 aliphatic carbocycles. The fourth-order valence-electron chi connectivity index (χ4n) is 3.32. The van der Waals surface area contributed by atoms with E-state index in [2.05, 4.69) is 4.98 Å². The van der Waals surface area contributed by atoms with Gasteiger partial charge in [-0.25, -0.2) is 0 Å². The maximum absolute atomic E-state index is 13.0. The van der Waals surface area contributed by atoms with E-state index in [9.17, 15) is 14.7 Å². The van der Waals surface area contributed by atoms with Crippen LogP contribution >= 0.6 is 0 Å². The monoisotopic (exact) mass is 369 g/mol. The zero-order chi connectivity index (χ0) is 19.6. The predicted octanol–water partition coefficient (Wildman–Crippen LogP) is 2.09. The van der Waals surface area contributed by atoms with E-state index < -0.39 is 0 Å². The number of piperazine rings is 1. The van der Waals surface area contributed by atoms with Gasteiger partial charge in [0.25, 0.3) is 11.8 Å². The number of phenolic OH excluding ortho intramolecular Hbond substituents is 1. The molecule has 1 aromatic heterocycles. The van der Waals surface area contributed by atoms with Crippen molar-refractivity contribution in [2.75, 3.05) is 26.7 Å². The summed E-state index contributed by atoms with van der Waals surface area (Å²) in [5, 5.41) is 9.73. The molecule has 2 heterocycles. The molecule has 1 atom stereocenters. The molecule has 0 spiro atoms. The van der Waals surface area contributed by atoms with Crippen LogP contribution in [0.2, 0.25) is 0 Å². The first-order chi connectivity index (χ1) is 12.9. The number of nitrogens with zero attached hydrogens (tertiary/aromatic N) is 3. The normalized spacial score (nSPS) is 16.9. The van der Waals surface area contributed by atoms with Gasteiger partial charge in [0.1, 0.15) is 11.5 Å². The fourth-order valence-corrected chi connectivity index (χ4v) is 3.32. The Morgan fingerprint density at radius 2 is 1.96 bits per heavy atom. The number of ether oxygens (including phenoxy) is 1. The highest BCUT2D eigenvalue weighted by molar-refractivity contribution is 5.98. The van der Waals surface area contributed by atoms with Gasteiger partial charge in [0.15, 0.2) is 0 Å². The summed E-state index contributed by atoms with van der Waals surface area (Å²) in [6.45, 7) is 5.06. The molecule has 1 aliphatic heterocycles. The van der Waals surface area contributed by atoms with Gasteiger partial charge in [-0.2, -0.15) is 0 Å². The molecule has 2 amide bonds. The Kier molecular flexibility index (Phi) is 5.30. The molecule has 3 rings (SSSR count). The third-order valence-electron chi connectivity index (χ3n) is 4.86. The maximum Gasteiger partial charge on any atom is 0.258 e. The Bertz CT molecular complexity index is 868. The first-order valence-electron chi connectivity index (χ1n) is 8.80. The van der Waals surface area contributed by atoms with Crippen LogP contribution in [0.4, 0.5) is 0 Å². The van der Waals surface area contributed by atoms with Crippen LogP contribution in [0.25, 0.3) is 0 Å². The number of hydrogen-bond donors (Lipinski definition) is 1. The number of aromatic nitrogens is 1. The predicted molar refractivity (Wildman–Crippen MR) is 100 cm³/mol. The Morgan fingerprint density at radius 3 is 2.63 bits per heavy atom. The van der Waals surface area contributed by atoms with Crippen LogP contribution in [0.1, 0.15) is 33.2 Å². The minimum atomic E-state index is -0.222. The van der Waals surface area contributed by atoms with Gasteiger partial charge < -0.3 is 19.6 Å². The highest BCUT2D eigenvalue weighted by atomic mass is 16.5. The molecule has 7 heteroatoms. The summed E-state index contributed by atoms with van der Waals surface area (Å²) in [7, 11) is 1.49. The van der Waals surface area contributed by atoms with Crippen molar-refractivity contribution in [2.45, 2.75) is 19.9 Å². The van der Waals surface area contributed by atoms with E-state index in [1.807, 2.05) is 19.9 Å². The van der Waals surface area contributed by atoms with Crippen molar-refractivity contribution in [1.82, 2.24) is 14.8 Å². The van der Waals surface area contributed by atoms with E-state index in [-0.39, 0.29) is 23.6 Å². The summed E-state index contributed by atoms with van der Waals surface area (Å²) < 4.78 is 5.25. The molecule has 142 valence electrons. The molecule has 1 fully saturated rings. The Morgan fingerprint density at radius 1 is 1.19 bits per heavy atom. The van der Waals surface area contributed by atoms with E-state index >= 15 is 0 Å². The largest absolute Gasteiger partial charge is 0.508 e. The summed E-state index contributed by atoms with van der Waals surface area (Å²) >= 11 is 0. The molecule has 1 saturated heterocycles. The first-order valence-corrected chi connectivity index (χ1v) is 8.80. The molecular formula is C20H23N3O4. The molecular weight excluding hydrogens is 346 g/mol. The van der Waals surface area contributed by atoms with Crippen LogP contribution < -0.4 is 4.74 Å². The lowest BCUT2D eigenvalue weighted by Gasteiger charge is -2.40. The number of pyridine rings is 1. The topological polar surface area (TPSA) is 83.0 Å². The van der Waals surface area contributed by atoms with E-state index in [0.29, 0.717) is 36.5 Å². The zero-order valence-electron chi connectivity index (χ0n) is 15.7. The average molecular weight is 369 g/mol. The minimum absolute atomic E-state index is 0.00710. The summed E-state index contributed by atoms with van der Waals surface area (Å²) in [6, 6.07) is 6.10. The lowest BCUT2D eigenvalue weighted by Crippen LogP contribution is -2.55. The Hall–Kier alpha value is -3.09. The standard InChI is InChI=1S/C20H23N3O4/c1-13-6-7-21-11-17(13)19(25)22-8-9-23(14(2)12-22)20(26)16-10-15(24)4-5-18(16)27-3/h4-7,10-11,14,24H,8-9,12H2,1-3H3/t14-/m0/s1. The van der Waals surface area contributed by atoms with Crippen LogP contribution in [0, 0.1) is 6.92 Å². The SMILES string of the molecule is COc1ccc(O)cc1C(=O)N1CCN(C(=O)c2cnccc2C)C[C@@H]1C. The van der Waals surface area contributed by atoms with Gasteiger partial charge in [0, 0.05) is 38.1 Å². The average Bonchev–Trinajstić information content (AvgIpc) is 2.67. The second kappa shape index (κ2) is 7.65. The van der Waals surface area contributed by atoms with Crippen LogP contribution in [0.5, 0.6) is 11.5 Å². The lowest BCUT2D eigenvalue weighted by atomic mass is 10.1. The van der Waals surface area contributed by atoms with Crippen LogP contribution in [0.3, 0.4) is 0 Å². The number of phenols is 1. The summed E-state index contributed by atoms with van der Waals surface area (Å²) in [5.74, 6) is 0.122. The quantitative estimate of drug-likeness (QED) is 0.896. The number of benzene rings is 1. The summed E-state index contributed by atoms with van der Waals surface area (Å²) in [5.41, 5.74) is 1.78. The number of carbonyl (C=O) groups is 2. The van der Waals surface area contributed by atoms with Gasteiger partial charge in [-0.3, -0.25) is 14.6 Å². The van der Waals surface area contributed by atoms with Crippen molar-refractivity contribution in [1.29, 1.82) is 0 Å². The number of aromatic hydroxyl groups is 1. The third kappa shape index (κ3) is 3.72. The van der Waals surface area contributed by atoms with Gasteiger partial charge in [0.05, 0.1) is 18.2 Å². The lowest BCUT2D eigenvalue weighted by molar-refractivity contribution is 0.0411. The van der Waals surface area contributed by atoms with Crippen LogP contribution in [0.15, 0.2) is 36.7 Å². The molecule has 27 heavy (non-hydrogen) atoms. The first kappa shape index (κ1) is 18.7. The molecule has 1 aromatic carbocycles. The summed E-state index contributed by atoms with van der Waals surface area (Å²) in [6.07, 6.45) is 3.24. The Labute approximate surface area is 158 Å². The molecule has 0 saturated carbocycles. The number of hydrogen-bond acceptors (Lipinski definition) is 5. The Balaban J connectivity index is 1.76. The highest BCUT2D eigenvalue weighted by Crippen LogP contribution is 2.26. The van der Waals surface area contributed by atoms with Crippen LogP contribution in [-0.4, -0.2) is 64.5 Å². The molecule has 1 aliphatic rings. The molecule has 0 radical (unpaired) electrons. The van der Waals surface area contributed by atoms with Gasteiger partial charge >= 0.3 is 0 Å². The molecule has 2 aromatic rings. The van der Waals surface area contributed by atoms with Crippen molar-refractivity contribution in [3.63, 3.8) is 0 Å². The number of rotatable bonds is 3. The zero-order valence-corrected chi connectivity index (χ0v) is 15.7. The molecule has 7 nitrogen and oxygen atoms in total. The molecule has 0 bridgehead atoms. The van der Waals surface area contributed by atoms with Gasteiger partial charge in [-0.15, -0.1) is 0 Å². The smallest absolute Gasteiger partial charge is 0.258 e. The molecule has 1 N–H and O–H groups in total. The van der Waals surface area contributed by atoms with Crippen molar-refractivity contribution < 1.29 is 19.4 Å². The number of methoxy groups -OCH3 is 1. The number of carbonyl (C=O) groups excluding carboxylic acids is 2. The third-order valence-corrected chi connectivity index (χ3v) is 4.86. The van der Waals surface area contributed by atoms with Crippen molar-refractivity contribution in [3.8, 4) is 11.5 Å². The highest BCUT2D eigenvalue weighted by Gasteiger charge is 2.32. The van der Waals surface area contributed by atoms with Crippen molar-refractivity contribution in [2.24, 2.45) is 0 Å². The van der Waals surface area contributed by atoms with Gasteiger partial charge in [0.2, 0.25) is 0 Å². The van der Waals surface area contributed by atoms with E-state index in [0.717, 1.165) is 5.56 Å². The fraction of sp³-hybridized carbons (Fsp3) is 0.350. The van der Waals surface area contributed by atoms with E-state index in [4.69, 9.17) is 4.74 Å². The summed E-state index contributed by atoms with van der Waals surface area (Å²) in [4.78, 5) is 33.2. The van der Waals surface area contributed by atoms with E-state index in [1.54, 1.807) is 28.3 Å². The van der Waals surface area contributed by atoms with Crippen molar-refractivity contribution >= 4 is 11.8 Å². The number of aryl methyl sites for hydroxylation is 1. The second-order valence-corrected chi connectivity index (χ2v) is 6.67. The van der Waals surface area contributed by atoms with Gasteiger partial charge in [-0.1, -0.05) is 0 Å². The second-order valence-electron chi connectivity index (χ2n) is 6.67. The van der Waals surface area contributed by atoms with Crippen LogP contribution in [-0.2, 0) is 0 Å². The minimum Gasteiger partial charge on any atom is -0.508 e. The van der Waals surface area contributed by atoms with Crippen molar-refractivity contribution in [3.05, 3.63) is 53.3 Å². The molecule has 0 unspecified atom stereocenters. The van der Waals surface area contributed by atoms with E-state index in [1.165, 1.54) is 19.2 Å².